The number of pyridine rings is 1. The van der Waals surface area contributed by atoms with E-state index in [0.29, 0.717) is 0 Å². The summed E-state index contributed by atoms with van der Waals surface area (Å²) in [6, 6.07) is 47.4. The molecule has 204 valence electrons. The van der Waals surface area contributed by atoms with Crippen molar-refractivity contribution in [3.8, 4) is 11.1 Å². The molecule has 0 unspecified atom stereocenters. The SMILES string of the molecule is CC1(C)c2ccccc2-c2ccc(N(c3nc4ccccc4c4ccccc34)c3cccc4oc5ccccc5c34)cc21. The van der Waals surface area contributed by atoms with E-state index >= 15 is 0 Å². The van der Waals surface area contributed by atoms with Crippen LogP contribution in [0.2, 0.25) is 0 Å². The number of hydrogen-bond acceptors (Lipinski definition) is 3. The zero-order valence-electron chi connectivity index (χ0n) is 24.0. The van der Waals surface area contributed by atoms with E-state index in [9.17, 15) is 0 Å². The minimum Gasteiger partial charge on any atom is -0.456 e. The Morgan fingerprint density at radius 3 is 2.12 bits per heavy atom. The van der Waals surface area contributed by atoms with Crippen LogP contribution in [0.5, 0.6) is 0 Å². The van der Waals surface area contributed by atoms with Gasteiger partial charge in [-0.2, -0.15) is 0 Å². The largest absolute Gasteiger partial charge is 0.456 e. The van der Waals surface area contributed by atoms with Crippen LogP contribution in [0.4, 0.5) is 17.2 Å². The average molecular weight is 553 g/mol. The summed E-state index contributed by atoms with van der Waals surface area (Å²) >= 11 is 0. The molecule has 0 fully saturated rings. The van der Waals surface area contributed by atoms with Gasteiger partial charge in [0.25, 0.3) is 0 Å². The molecule has 2 aromatic heterocycles. The maximum atomic E-state index is 6.38. The second kappa shape index (κ2) is 8.80. The molecule has 6 aromatic carbocycles. The zero-order valence-corrected chi connectivity index (χ0v) is 24.0. The summed E-state index contributed by atoms with van der Waals surface area (Å²) in [5.74, 6) is 0.903. The van der Waals surface area contributed by atoms with Crippen molar-refractivity contribution in [3.63, 3.8) is 0 Å². The van der Waals surface area contributed by atoms with Gasteiger partial charge in [0.05, 0.1) is 16.6 Å². The lowest BCUT2D eigenvalue weighted by Gasteiger charge is -2.29. The molecule has 0 N–H and O–H groups in total. The Hall–Kier alpha value is -5.41. The Bertz CT molecular complexity index is 2400. The molecule has 0 saturated heterocycles. The molecule has 3 nitrogen and oxygen atoms in total. The predicted molar refractivity (Wildman–Crippen MR) is 179 cm³/mol. The quantitative estimate of drug-likeness (QED) is 0.204. The van der Waals surface area contributed by atoms with Gasteiger partial charge in [0.15, 0.2) is 0 Å². The lowest BCUT2D eigenvalue weighted by molar-refractivity contribution is 0.660. The van der Waals surface area contributed by atoms with E-state index in [1.54, 1.807) is 0 Å². The van der Waals surface area contributed by atoms with Crippen LogP contribution in [-0.2, 0) is 5.41 Å². The second-order valence-corrected chi connectivity index (χ2v) is 12.0. The number of aromatic nitrogens is 1. The van der Waals surface area contributed by atoms with Crippen LogP contribution >= 0.6 is 0 Å². The lowest BCUT2D eigenvalue weighted by Crippen LogP contribution is -2.17. The van der Waals surface area contributed by atoms with Gasteiger partial charge in [-0.1, -0.05) is 111 Å². The molecule has 9 rings (SSSR count). The second-order valence-electron chi connectivity index (χ2n) is 12.0. The molecule has 1 aliphatic carbocycles. The van der Waals surface area contributed by atoms with Crippen LogP contribution in [0, 0.1) is 0 Å². The molecule has 0 saturated carbocycles. The summed E-state index contributed by atoms with van der Waals surface area (Å²) in [5.41, 5.74) is 10.0. The van der Waals surface area contributed by atoms with E-state index in [4.69, 9.17) is 9.40 Å². The lowest BCUT2D eigenvalue weighted by atomic mass is 9.82. The molecule has 0 radical (unpaired) electrons. The fourth-order valence-electron chi connectivity index (χ4n) is 7.21. The first-order valence-corrected chi connectivity index (χ1v) is 14.8. The smallest absolute Gasteiger partial charge is 0.146 e. The summed E-state index contributed by atoms with van der Waals surface area (Å²) in [6.45, 7) is 4.67. The highest BCUT2D eigenvalue weighted by molar-refractivity contribution is 6.16. The predicted octanol–water partition coefficient (Wildman–Crippen LogP) is 11.1. The molecular formula is C40H28N2O. The number of anilines is 3. The minimum absolute atomic E-state index is 0.124. The molecule has 2 heterocycles. The summed E-state index contributed by atoms with van der Waals surface area (Å²) in [5, 5.41) is 5.62. The molecule has 8 aromatic rings. The minimum atomic E-state index is -0.124. The number of nitrogens with zero attached hydrogens (tertiary/aromatic N) is 2. The number of furan rings is 1. The first-order valence-electron chi connectivity index (χ1n) is 14.8. The van der Waals surface area contributed by atoms with Gasteiger partial charge in [-0.3, -0.25) is 4.90 Å². The van der Waals surface area contributed by atoms with Gasteiger partial charge >= 0.3 is 0 Å². The highest BCUT2D eigenvalue weighted by atomic mass is 16.3. The van der Waals surface area contributed by atoms with E-state index in [0.717, 1.165) is 55.4 Å². The summed E-state index contributed by atoms with van der Waals surface area (Å²) in [7, 11) is 0. The Morgan fingerprint density at radius 1 is 0.558 bits per heavy atom. The van der Waals surface area contributed by atoms with E-state index in [2.05, 4.69) is 140 Å². The third-order valence-electron chi connectivity index (χ3n) is 9.25. The van der Waals surface area contributed by atoms with Crippen molar-refractivity contribution in [2.45, 2.75) is 19.3 Å². The van der Waals surface area contributed by atoms with Crippen LogP contribution in [0.25, 0.3) is 54.7 Å². The van der Waals surface area contributed by atoms with Gasteiger partial charge in [-0.05, 0) is 64.0 Å². The monoisotopic (exact) mass is 552 g/mol. The number of para-hydroxylation sites is 2. The first kappa shape index (κ1) is 24.2. The number of rotatable bonds is 3. The summed E-state index contributed by atoms with van der Waals surface area (Å²) in [6.07, 6.45) is 0. The Morgan fingerprint density at radius 2 is 1.23 bits per heavy atom. The van der Waals surface area contributed by atoms with Crippen molar-refractivity contribution in [2.24, 2.45) is 0 Å². The number of hydrogen-bond donors (Lipinski definition) is 0. The Balaban J connectivity index is 1.40. The van der Waals surface area contributed by atoms with Crippen molar-refractivity contribution in [2.75, 3.05) is 4.90 Å². The third-order valence-corrected chi connectivity index (χ3v) is 9.25. The molecule has 0 aliphatic heterocycles. The van der Waals surface area contributed by atoms with Gasteiger partial charge in [0.2, 0.25) is 0 Å². The average Bonchev–Trinajstić information content (AvgIpc) is 3.54. The van der Waals surface area contributed by atoms with Gasteiger partial charge in [-0.15, -0.1) is 0 Å². The summed E-state index contributed by atoms with van der Waals surface area (Å²) < 4.78 is 6.38. The zero-order chi connectivity index (χ0) is 28.7. The normalized spacial score (nSPS) is 13.5. The topological polar surface area (TPSA) is 29.3 Å². The van der Waals surface area contributed by atoms with Gasteiger partial charge in [-0.25, -0.2) is 4.98 Å². The molecule has 43 heavy (non-hydrogen) atoms. The van der Waals surface area contributed by atoms with Crippen molar-refractivity contribution >= 4 is 60.8 Å². The van der Waals surface area contributed by atoms with Crippen molar-refractivity contribution < 1.29 is 4.42 Å². The summed E-state index contributed by atoms with van der Waals surface area (Å²) in [4.78, 5) is 7.74. The maximum Gasteiger partial charge on any atom is 0.146 e. The molecule has 1 aliphatic rings. The van der Waals surface area contributed by atoms with Crippen LogP contribution in [-0.4, -0.2) is 4.98 Å². The third kappa shape index (κ3) is 3.39. The van der Waals surface area contributed by atoms with E-state index < -0.39 is 0 Å². The fraction of sp³-hybridized carbons (Fsp3) is 0.0750. The fourth-order valence-corrected chi connectivity index (χ4v) is 7.21. The van der Waals surface area contributed by atoms with Crippen molar-refractivity contribution in [3.05, 3.63) is 145 Å². The highest BCUT2D eigenvalue weighted by Gasteiger charge is 2.36. The van der Waals surface area contributed by atoms with Gasteiger partial charge in [0.1, 0.15) is 17.0 Å². The molecule has 0 amide bonds. The van der Waals surface area contributed by atoms with E-state index in [1.165, 1.54) is 27.6 Å². The number of benzene rings is 6. The first-order chi connectivity index (χ1) is 21.1. The van der Waals surface area contributed by atoms with E-state index in [-0.39, 0.29) is 5.41 Å². The Labute approximate surface area is 249 Å². The van der Waals surface area contributed by atoms with E-state index in [1.807, 2.05) is 12.1 Å². The number of fused-ring (bicyclic) bond motifs is 9. The molecule has 3 heteroatoms. The van der Waals surface area contributed by atoms with Crippen LogP contribution in [0.15, 0.2) is 138 Å². The standard InChI is InChI=1S/C40H28N2O/c1-40(2)32-17-8-5-13-27(32)28-23-22-25(24-33(28)40)42(35-19-11-21-37-38(35)31-16-7-10-20-36(31)43-37)39-30-15-4-3-12-26(30)29-14-6-9-18-34(29)41-39/h3-24H,1-2H3. The highest BCUT2D eigenvalue weighted by Crippen LogP contribution is 2.52. The van der Waals surface area contributed by atoms with Crippen LogP contribution in [0.1, 0.15) is 25.0 Å². The maximum absolute atomic E-state index is 6.38. The molecule has 0 bridgehead atoms. The molecule has 0 atom stereocenters. The Kier molecular flexibility index (Phi) is 4.95. The van der Waals surface area contributed by atoms with Gasteiger partial charge < -0.3 is 4.42 Å². The molecular weight excluding hydrogens is 524 g/mol. The van der Waals surface area contributed by atoms with Crippen molar-refractivity contribution in [1.82, 2.24) is 4.98 Å². The van der Waals surface area contributed by atoms with Crippen molar-refractivity contribution in [1.29, 1.82) is 0 Å². The van der Waals surface area contributed by atoms with Crippen LogP contribution < -0.4 is 4.90 Å². The van der Waals surface area contributed by atoms with Gasteiger partial charge in [0, 0.05) is 27.3 Å². The van der Waals surface area contributed by atoms with Crippen LogP contribution in [0.3, 0.4) is 0 Å². The molecule has 0 spiro atoms.